The Morgan fingerprint density at radius 2 is 2.25 bits per heavy atom. The highest BCUT2D eigenvalue weighted by molar-refractivity contribution is 5.36. The molecule has 0 aromatic carbocycles. The zero-order chi connectivity index (χ0) is 5.54. The van der Waals surface area contributed by atoms with Crippen molar-refractivity contribution in [1.82, 2.24) is 6.15 Å². The first-order chi connectivity index (χ1) is 3.41. The lowest BCUT2D eigenvalue weighted by Crippen LogP contribution is -1.88. The molecule has 0 radical (unpaired) electrons. The average molecular weight is 120 g/mol. The van der Waals surface area contributed by atoms with Gasteiger partial charge in [-0.3, -0.25) is 4.79 Å². The number of quaternary nitrogens is 1. The van der Waals surface area contributed by atoms with E-state index in [1.165, 1.54) is 0 Å². The molecule has 0 aromatic rings. The summed E-state index contributed by atoms with van der Waals surface area (Å²) in [7, 11) is 0. The first-order valence-electron chi connectivity index (χ1n) is 2.47. The highest BCUT2D eigenvalue weighted by Gasteiger charge is 1.78. The van der Waals surface area contributed by atoms with Gasteiger partial charge in [-0.25, -0.2) is 0 Å². The van der Waals surface area contributed by atoms with Gasteiger partial charge in [-0.1, -0.05) is 13.3 Å². The molecule has 8 heavy (non-hydrogen) atoms. The molecule has 0 aliphatic rings. The molecule has 0 fully saturated rings. The first-order valence-corrected chi connectivity index (χ1v) is 2.47. The summed E-state index contributed by atoms with van der Waals surface area (Å²) in [6.45, 7) is 3.10. The number of hydrogen-bond acceptors (Lipinski definition) is 2. The van der Waals surface area contributed by atoms with Gasteiger partial charge in [0.1, 0.15) is 0 Å². The fourth-order valence-corrected chi connectivity index (χ4v) is 0.276. The van der Waals surface area contributed by atoms with E-state index in [4.69, 9.17) is 0 Å². The summed E-state index contributed by atoms with van der Waals surface area (Å²) in [6.07, 6.45) is 2.05. The summed E-state index contributed by atoms with van der Waals surface area (Å²) in [6, 6.07) is 0. The summed E-state index contributed by atoms with van der Waals surface area (Å²) in [5.41, 5.74) is 0. The third kappa shape index (κ3) is 9.06. The molecule has 0 amide bonds. The van der Waals surface area contributed by atoms with Gasteiger partial charge in [0, 0.05) is 0 Å². The van der Waals surface area contributed by atoms with Crippen LogP contribution in [0.15, 0.2) is 0 Å². The Bertz CT molecular complexity index is 47.7. The van der Waals surface area contributed by atoms with Crippen LogP contribution in [0.3, 0.4) is 0 Å². The summed E-state index contributed by atoms with van der Waals surface area (Å²) in [5.74, 6) is 0. The largest absolute Gasteiger partial charge is 0.468 e. The molecule has 0 unspecified atom stereocenters. The number of ether oxygens (including phenoxy) is 1. The van der Waals surface area contributed by atoms with Gasteiger partial charge in [0.25, 0.3) is 6.47 Å². The minimum absolute atomic E-state index is 0. The Morgan fingerprint density at radius 3 is 2.62 bits per heavy atom. The maximum absolute atomic E-state index is 9.46. The summed E-state index contributed by atoms with van der Waals surface area (Å²) in [4.78, 5) is 9.46. The van der Waals surface area contributed by atoms with Crippen molar-refractivity contribution in [2.45, 2.75) is 19.8 Å². The lowest BCUT2D eigenvalue weighted by Gasteiger charge is -1.90. The van der Waals surface area contributed by atoms with Gasteiger partial charge in [-0.2, -0.15) is 0 Å². The van der Waals surface area contributed by atoms with Crippen molar-refractivity contribution in [3.05, 3.63) is 0 Å². The van der Waals surface area contributed by atoms with Gasteiger partial charge in [0.05, 0.1) is 6.61 Å². The Kier molecular flexibility index (Phi) is 12.6. The fourth-order valence-electron chi connectivity index (χ4n) is 0.276. The van der Waals surface area contributed by atoms with Crippen molar-refractivity contribution < 1.29 is 9.53 Å². The Balaban J connectivity index is 0. The van der Waals surface area contributed by atoms with Crippen LogP contribution in [0.25, 0.3) is 0 Å². The zero-order valence-corrected chi connectivity index (χ0v) is 5.52. The van der Waals surface area contributed by atoms with E-state index in [0.29, 0.717) is 13.1 Å². The second-order valence-corrected chi connectivity index (χ2v) is 1.32. The van der Waals surface area contributed by atoms with Crippen LogP contribution in [0.2, 0.25) is 0 Å². The number of carbonyl (C=O) groups excluding carboxylic acids is 1. The summed E-state index contributed by atoms with van der Waals surface area (Å²) < 4.78 is 4.39. The van der Waals surface area contributed by atoms with Crippen molar-refractivity contribution in [3.63, 3.8) is 0 Å². The molecule has 3 heteroatoms. The molecule has 0 aliphatic heterocycles. The molecule has 3 nitrogen and oxygen atoms in total. The summed E-state index contributed by atoms with van der Waals surface area (Å²) in [5, 5.41) is 0. The van der Waals surface area contributed by atoms with Crippen LogP contribution in [0.4, 0.5) is 0 Å². The van der Waals surface area contributed by atoms with E-state index >= 15 is 0 Å². The lowest BCUT2D eigenvalue weighted by atomic mass is 10.4. The van der Waals surface area contributed by atoms with Crippen molar-refractivity contribution in [2.24, 2.45) is 0 Å². The predicted octanol–water partition coefficient (Wildman–Crippen LogP) is 1.34. The van der Waals surface area contributed by atoms with Gasteiger partial charge < -0.3 is 10.9 Å². The lowest BCUT2D eigenvalue weighted by molar-refractivity contribution is -0.128. The topological polar surface area (TPSA) is 62.8 Å². The molecule has 0 atom stereocenters. The minimum atomic E-state index is 0. The third-order valence-electron chi connectivity index (χ3n) is 0.684. The van der Waals surface area contributed by atoms with Crippen molar-refractivity contribution in [2.75, 3.05) is 6.61 Å². The molecule has 0 aliphatic carbocycles. The second-order valence-electron chi connectivity index (χ2n) is 1.32. The molecule has 0 heterocycles. The van der Waals surface area contributed by atoms with Crippen LogP contribution < -0.4 is 6.15 Å². The van der Waals surface area contributed by atoms with Crippen LogP contribution in [-0.2, 0) is 9.53 Å². The highest BCUT2D eigenvalue weighted by atomic mass is 16.5. The SMILES string of the molecule is CCCCOC=O.[NH4+]. The molecule has 0 rings (SSSR count). The first kappa shape index (κ1) is 10.4. The molecular formula is C5H14NO2+. The van der Waals surface area contributed by atoms with E-state index in [-0.39, 0.29) is 6.15 Å². The van der Waals surface area contributed by atoms with Gasteiger partial charge >= 0.3 is 0 Å². The molecule has 0 saturated carbocycles. The minimum Gasteiger partial charge on any atom is -0.468 e. The Morgan fingerprint density at radius 1 is 1.62 bits per heavy atom. The molecule has 4 N–H and O–H groups in total. The number of carbonyl (C=O) groups is 1. The molecule has 0 aromatic heterocycles. The smallest absolute Gasteiger partial charge is 0.293 e. The third-order valence-corrected chi connectivity index (χ3v) is 0.684. The van der Waals surface area contributed by atoms with Crippen molar-refractivity contribution in [1.29, 1.82) is 0 Å². The van der Waals surface area contributed by atoms with E-state index in [0.717, 1.165) is 12.8 Å². The van der Waals surface area contributed by atoms with Gasteiger partial charge in [0.15, 0.2) is 0 Å². The molecule has 0 spiro atoms. The Labute approximate surface area is 49.6 Å². The number of rotatable bonds is 4. The average Bonchev–Trinajstić information content (AvgIpc) is 1.69. The van der Waals surface area contributed by atoms with Crippen molar-refractivity contribution >= 4 is 6.47 Å². The predicted molar refractivity (Wildman–Crippen MR) is 32.9 cm³/mol. The van der Waals surface area contributed by atoms with Crippen molar-refractivity contribution in [3.8, 4) is 0 Å². The van der Waals surface area contributed by atoms with Gasteiger partial charge in [0.2, 0.25) is 0 Å². The molecule has 50 valence electrons. The fraction of sp³-hybridized carbons (Fsp3) is 0.800. The normalized spacial score (nSPS) is 7.12. The van der Waals surface area contributed by atoms with E-state index in [2.05, 4.69) is 4.74 Å². The highest BCUT2D eigenvalue weighted by Crippen LogP contribution is 1.83. The molecule has 0 saturated heterocycles. The summed E-state index contributed by atoms with van der Waals surface area (Å²) >= 11 is 0. The van der Waals surface area contributed by atoms with Crippen LogP contribution in [0.5, 0.6) is 0 Å². The van der Waals surface area contributed by atoms with Gasteiger partial charge in [-0.15, -0.1) is 0 Å². The van der Waals surface area contributed by atoms with E-state index < -0.39 is 0 Å². The van der Waals surface area contributed by atoms with E-state index in [1.807, 2.05) is 6.92 Å². The second kappa shape index (κ2) is 9.66. The van der Waals surface area contributed by atoms with Crippen LogP contribution >= 0.6 is 0 Å². The standard InChI is InChI=1S/C5H10O2.H3N/c1-2-3-4-7-5-6;/h5H,2-4H2,1H3;1H3/p+1. The monoisotopic (exact) mass is 120 g/mol. The maximum atomic E-state index is 9.46. The number of unbranched alkanes of at least 4 members (excludes halogenated alkanes) is 1. The molecule has 0 bridgehead atoms. The quantitative estimate of drug-likeness (QED) is 0.449. The molecular weight excluding hydrogens is 106 g/mol. The number of hydrogen-bond donors (Lipinski definition) is 1. The Hall–Kier alpha value is -0.570. The van der Waals surface area contributed by atoms with E-state index in [1.54, 1.807) is 0 Å². The van der Waals surface area contributed by atoms with Gasteiger partial charge in [-0.05, 0) is 6.42 Å². The van der Waals surface area contributed by atoms with Crippen LogP contribution in [0, 0.1) is 0 Å². The van der Waals surface area contributed by atoms with E-state index in [9.17, 15) is 4.79 Å². The maximum Gasteiger partial charge on any atom is 0.293 e. The van der Waals surface area contributed by atoms with Crippen LogP contribution in [-0.4, -0.2) is 13.1 Å². The van der Waals surface area contributed by atoms with Crippen LogP contribution in [0.1, 0.15) is 19.8 Å². The zero-order valence-electron chi connectivity index (χ0n) is 5.52.